The fraction of sp³-hybridized carbons (Fsp3) is 0.909. The number of carbonyl (C=O) groups excluding carboxylic acids is 2. The monoisotopic (exact) mass is 464 g/mol. The van der Waals surface area contributed by atoms with Crippen LogP contribution in [0.4, 0.5) is 0 Å². The lowest BCUT2D eigenvalue weighted by Crippen LogP contribution is -2.63. The number of hydrogen-bond acceptors (Lipinski definition) is 10. The van der Waals surface area contributed by atoms with Crippen molar-refractivity contribution >= 4 is 11.9 Å². The Labute approximate surface area is 192 Å². The molecule has 190 valence electrons. The summed E-state index contributed by atoms with van der Waals surface area (Å²) in [4.78, 5) is 45.1. The van der Waals surface area contributed by atoms with Crippen LogP contribution in [-0.2, 0) is 38.6 Å². The highest BCUT2D eigenvalue weighted by molar-refractivity contribution is 5.82. The number of ether oxygens (including phenoxy) is 2. The normalized spacial score (nSPS) is 15.1. The maximum atomic E-state index is 12.6. The highest BCUT2D eigenvalue weighted by atomic mass is 17.2. The van der Waals surface area contributed by atoms with Crippen molar-refractivity contribution in [3.63, 3.8) is 0 Å². The predicted molar refractivity (Wildman–Crippen MR) is 119 cm³/mol. The minimum Gasteiger partial charge on any atom is -0.466 e. The molecule has 0 saturated carbocycles. The first-order valence-corrected chi connectivity index (χ1v) is 11.7. The Morgan fingerprint density at radius 2 is 1.50 bits per heavy atom. The first-order chi connectivity index (χ1) is 15.4. The second-order valence-electron chi connectivity index (χ2n) is 7.44. The highest BCUT2D eigenvalue weighted by Crippen LogP contribution is 2.16. The van der Waals surface area contributed by atoms with Gasteiger partial charge in [-0.2, -0.15) is 0 Å². The number of hydrogen-bond donors (Lipinski definition) is 2. The Bertz CT molecular complexity index is 495. The SMILES string of the molecule is CCCCC(C)(NC(CCOOCC)COOCC)NC(CC(=O)OCC)C(=O)OCC. The van der Waals surface area contributed by atoms with Crippen LogP contribution in [0.25, 0.3) is 0 Å². The summed E-state index contributed by atoms with van der Waals surface area (Å²) in [6.45, 7) is 13.2. The van der Waals surface area contributed by atoms with Crippen molar-refractivity contribution in [2.75, 3.05) is 39.6 Å². The molecule has 0 amide bonds. The molecule has 0 saturated heterocycles. The van der Waals surface area contributed by atoms with E-state index in [0.717, 1.165) is 12.8 Å². The van der Waals surface area contributed by atoms with Crippen molar-refractivity contribution < 1.29 is 38.6 Å². The summed E-state index contributed by atoms with van der Waals surface area (Å²) in [5.74, 6) is -0.955. The van der Waals surface area contributed by atoms with Gasteiger partial charge in [-0.3, -0.25) is 20.2 Å². The van der Waals surface area contributed by atoms with Gasteiger partial charge in [0.2, 0.25) is 0 Å². The zero-order valence-corrected chi connectivity index (χ0v) is 20.7. The maximum Gasteiger partial charge on any atom is 0.323 e. The van der Waals surface area contributed by atoms with Gasteiger partial charge in [-0.15, -0.1) is 0 Å². The van der Waals surface area contributed by atoms with E-state index in [9.17, 15) is 9.59 Å². The zero-order valence-electron chi connectivity index (χ0n) is 20.7. The van der Waals surface area contributed by atoms with E-state index in [1.54, 1.807) is 13.8 Å². The summed E-state index contributed by atoms with van der Waals surface area (Å²) in [6, 6.07) is -1.02. The predicted octanol–water partition coefficient (Wildman–Crippen LogP) is 2.65. The van der Waals surface area contributed by atoms with Crippen LogP contribution in [-0.4, -0.2) is 69.3 Å². The number of unbranched alkanes of at least 4 members (excludes halogenated alkanes) is 1. The van der Waals surface area contributed by atoms with E-state index < -0.39 is 23.6 Å². The molecule has 0 aliphatic rings. The van der Waals surface area contributed by atoms with Crippen LogP contribution in [0.1, 0.15) is 73.6 Å². The third-order valence-corrected chi connectivity index (χ3v) is 4.51. The lowest BCUT2D eigenvalue weighted by Gasteiger charge is -2.38. The van der Waals surface area contributed by atoms with Crippen LogP contribution < -0.4 is 10.6 Å². The molecule has 0 aromatic rings. The summed E-state index contributed by atoms with van der Waals surface area (Å²) in [7, 11) is 0. The first-order valence-electron chi connectivity index (χ1n) is 11.7. The van der Waals surface area contributed by atoms with Gasteiger partial charge in [-0.25, -0.2) is 19.6 Å². The molecule has 0 rings (SSSR count). The van der Waals surface area contributed by atoms with Gasteiger partial charge in [0.05, 0.1) is 51.7 Å². The van der Waals surface area contributed by atoms with E-state index in [1.165, 1.54) is 0 Å². The number of rotatable bonds is 21. The van der Waals surface area contributed by atoms with Gasteiger partial charge in [-0.05, 0) is 47.5 Å². The quantitative estimate of drug-likeness (QED) is 0.0864. The average molecular weight is 465 g/mol. The molecule has 0 radical (unpaired) electrons. The van der Waals surface area contributed by atoms with Crippen molar-refractivity contribution in [3.05, 3.63) is 0 Å². The summed E-state index contributed by atoms with van der Waals surface area (Å²) >= 11 is 0. The summed E-state index contributed by atoms with van der Waals surface area (Å²) in [5.41, 5.74) is -0.689. The van der Waals surface area contributed by atoms with Crippen molar-refractivity contribution in [3.8, 4) is 0 Å². The van der Waals surface area contributed by atoms with Crippen LogP contribution >= 0.6 is 0 Å². The van der Waals surface area contributed by atoms with Crippen LogP contribution in [0.15, 0.2) is 0 Å². The van der Waals surface area contributed by atoms with Crippen molar-refractivity contribution in [2.24, 2.45) is 0 Å². The first kappa shape index (κ1) is 30.7. The molecule has 0 aromatic carbocycles. The zero-order chi connectivity index (χ0) is 24.2. The third-order valence-electron chi connectivity index (χ3n) is 4.51. The van der Waals surface area contributed by atoms with Crippen molar-refractivity contribution in [1.29, 1.82) is 0 Å². The Morgan fingerprint density at radius 3 is 2.09 bits per heavy atom. The van der Waals surface area contributed by atoms with Gasteiger partial charge in [-0.1, -0.05) is 19.8 Å². The molecular formula is C22H44N2O8. The van der Waals surface area contributed by atoms with Gasteiger partial charge in [0.25, 0.3) is 0 Å². The Kier molecular flexibility index (Phi) is 18.4. The Morgan fingerprint density at radius 1 is 0.844 bits per heavy atom. The van der Waals surface area contributed by atoms with E-state index in [4.69, 9.17) is 29.0 Å². The van der Waals surface area contributed by atoms with Crippen LogP contribution in [0.3, 0.4) is 0 Å². The van der Waals surface area contributed by atoms with Crippen LogP contribution in [0.2, 0.25) is 0 Å². The number of esters is 2. The minimum absolute atomic E-state index is 0.121. The van der Waals surface area contributed by atoms with Crippen LogP contribution in [0, 0.1) is 0 Å². The maximum absolute atomic E-state index is 12.6. The molecule has 10 nitrogen and oxygen atoms in total. The molecule has 2 N–H and O–H groups in total. The van der Waals surface area contributed by atoms with E-state index >= 15 is 0 Å². The van der Waals surface area contributed by atoms with E-state index in [2.05, 4.69) is 17.6 Å². The van der Waals surface area contributed by atoms with E-state index in [1.807, 2.05) is 20.8 Å². The standard InChI is InChI=1S/C22H44N2O8/c1-7-12-14-22(6,23-18(17-32-30-11-5)13-15-31-29-10-4)24-19(21(26)28-9-3)16-20(25)27-8-2/h18-19,23-24H,7-17H2,1-6H3. The number of nitrogens with one attached hydrogen (secondary N) is 2. The average Bonchev–Trinajstić information content (AvgIpc) is 2.75. The topological polar surface area (TPSA) is 114 Å². The van der Waals surface area contributed by atoms with E-state index in [-0.39, 0.29) is 32.3 Å². The van der Waals surface area contributed by atoms with E-state index in [0.29, 0.717) is 32.7 Å². The van der Waals surface area contributed by atoms with Crippen LogP contribution in [0.5, 0.6) is 0 Å². The number of carbonyl (C=O) groups is 2. The van der Waals surface area contributed by atoms with Crippen molar-refractivity contribution in [2.45, 2.75) is 91.4 Å². The molecule has 0 bridgehead atoms. The molecule has 3 atom stereocenters. The summed E-state index contributed by atoms with van der Waals surface area (Å²) in [6.07, 6.45) is 3.04. The molecule has 0 aliphatic heterocycles. The minimum atomic E-state index is -0.850. The fourth-order valence-corrected chi connectivity index (χ4v) is 3.12. The molecule has 10 heteroatoms. The van der Waals surface area contributed by atoms with Gasteiger partial charge < -0.3 is 9.47 Å². The molecule has 3 unspecified atom stereocenters. The molecule has 0 fully saturated rings. The fourth-order valence-electron chi connectivity index (χ4n) is 3.12. The largest absolute Gasteiger partial charge is 0.466 e. The van der Waals surface area contributed by atoms with Gasteiger partial charge in [0.1, 0.15) is 6.04 Å². The highest BCUT2D eigenvalue weighted by Gasteiger charge is 2.34. The summed E-state index contributed by atoms with van der Waals surface area (Å²) < 4.78 is 10.2. The van der Waals surface area contributed by atoms with Gasteiger partial charge >= 0.3 is 11.9 Å². The molecule has 0 spiro atoms. The Balaban J connectivity index is 5.44. The molecule has 0 heterocycles. The van der Waals surface area contributed by atoms with Gasteiger partial charge in [0.15, 0.2) is 0 Å². The molecule has 0 aromatic heterocycles. The second kappa shape index (κ2) is 19.2. The smallest absolute Gasteiger partial charge is 0.323 e. The second-order valence-corrected chi connectivity index (χ2v) is 7.44. The van der Waals surface area contributed by atoms with Crippen molar-refractivity contribution in [1.82, 2.24) is 10.6 Å². The lowest BCUT2D eigenvalue weighted by molar-refractivity contribution is -0.304. The molecule has 0 aliphatic carbocycles. The molecule has 32 heavy (non-hydrogen) atoms. The third kappa shape index (κ3) is 14.7. The molecular weight excluding hydrogens is 420 g/mol. The summed E-state index contributed by atoms with van der Waals surface area (Å²) in [5, 5.41) is 6.83. The van der Waals surface area contributed by atoms with Gasteiger partial charge in [0, 0.05) is 6.04 Å². The lowest BCUT2D eigenvalue weighted by atomic mass is 10.00. The Hall–Kier alpha value is -1.30.